The number of rotatable bonds is 6. The molecule has 0 spiro atoms. The summed E-state index contributed by atoms with van der Waals surface area (Å²) in [5.74, 6) is 1.05. The van der Waals surface area contributed by atoms with Crippen LogP contribution in [0.15, 0.2) is 53.0 Å². The number of carbonyl (C=O) groups is 1. The topological polar surface area (TPSA) is 29.1 Å². The van der Waals surface area contributed by atoms with Crippen molar-refractivity contribution in [2.75, 3.05) is 12.3 Å². The summed E-state index contributed by atoms with van der Waals surface area (Å²) in [7, 11) is 0. The molecule has 2 aromatic rings. The van der Waals surface area contributed by atoms with Gasteiger partial charge in [-0.25, -0.2) is 4.39 Å². The molecule has 1 amide bonds. The molecule has 2 rings (SSSR count). The maximum atomic E-state index is 13.1. The number of carbonyl (C=O) groups excluding carboxylic acids is 1. The Hall–Kier alpha value is -1.33. The van der Waals surface area contributed by atoms with Gasteiger partial charge in [-0.1, -0.05) is 30.3 Å². The summed E-state index contributed by atoms with van der Waals surface area (Å²) in [5, 5.41) is 2.80. The van der Waals surface area contributed by atoms with Crippen molar-refractivity contribution in [1.82, 2.24) is 5.32 Å². The largest absolute Gasteiger partial charge is 0.351 e. The first-order chi connectivity index (χ1) is 10.2. The lowest BCUT2D eigenvalue weighted by Gasteiger charge is -2.07. The number of benzene rings is 2. The van der Waals surface area contributed by atoms with E-state index < -0.39 is 5.82 Å². The van der Waals surface area contributed by atoms with Crippen LogP contribution in [0, 0.1) is 5.82 Å². The van der Waals surface area contributed by atoms with Crippen LogP contribution < -0.4 is 5.32 Å². The van der Waals surface area contributed by atoms with Gasteiger partial charge in [-0.2, -0.15) is 11.8 Å². The summed E-state index contributed by atoms with van der Waals surface area (Å²) in [6.07, 6.45) is 0. The first kappa shape index (κ1) is 16.0. The third-order valence-corrected chi connectivity index (χ3v) is 4.54. The van der Waals surface area contributed by atoms with Crippen LogP contribution in [0.5, 0.6) is 0 Å². The van der Waals surface area contributed by atoms with E-state index in [-0.39, 0.29) is 5.91 Å². The van der Waals surface area contributed by atoms with Gasteiger partial charge in [-0.05, 0) is 39.7 Å². The second-order valence-corrected chi connectivity index (χ2v) is 6.38. The monoisotopic (exact) mass is 367 g/mol. The minimum atomic E-state index is -0.415. The van der Waals surface area contributed by atoms with Gasteiger partial charge in [0, 0.05) is 22.5 Å². The van der Waals surface area contributed by atoms with Gasteiger partial charge >= 0.3 is 0 Å². The highest BCUT2D eigenvalue weighted by molar-refractivity contribution is 9.10. The van der Waals surface area contributed by atoms with E-state index >= 15 is 0 Å². The normalized spacial score (nSPS) is 10.4. The Bertz CT molecular complexity index is 606. The van der Waals surface area contributed by atoms with Crippen molar-refractivity contribution in [2.45, 2.75) is 5.75 Å². The highest BCUT2D eigenvalue weighted by Crippen LogP contribution is 2.17. The van der Waals surface area contributed by atoms with Crippen LogP contribution in [0.2, 0.25) is 0 Å². The molecule has 0 atom stereocenters. The van der Waals surface area contributed by atoms with E-state index in [1.54, 1.807) is 11.8 Å². The van der Waals surface area contributed by atoms with E-state index in [0.717, 1.165) is 11.5 Å². The zero-order chi connectivity index (χ0) is 15.1. The first-order valence-electron chi connectivity index (χ1n) is 6.52. The lowest BCUT2D eigenvalue weighted by molar-refractivity contribution is 0.0955. The van der Waals surface area contributed by atoms with Crippen LogP contribution in [0.3, 0.4) is 0 Å². The van der Waals surface area contributed by atoms with Crippen molar-refractivity contribution >= 4 is 33.6 Å². The molecule has 5 heteroatoms. The molecule has 0 bridgehead atoms. The Morgan fingerprint density at radius 1 is 1.19 bits per heavy atom. The van der Waals surface area contributed by atoms with Gasteiger partial charge in [0.2, 0.25) is 0 Å². The average Bonchev–Trinajstić information content (AvgIpc) is 2.50. The summed E-state index contributed by atoms with van der Waals surface area (Å²) >= 11 is 5.00. The number of hydrogen-bond acceptors (Lipinski definition) is 2. The van der Waals surface area contributed by atoms with Crippen LogP contribution in [-0.4, -0.2) is 18.2 Å². The fraction of sp³-hybridized carbons (Fsp3) is 0.188. The molecule has 0 saturated carbocycles. The van der Waals surface area contributed by atoms with Crippen molar-refractivity contribution in [3.05, 3.63) is 69.9 Å². The summed E-state index contributed by atoms with van der Waals surface area (Å²) in [6, 6.07) is 14.3. The van der Waals surface area contributed by atoms with Crippen LogP contribution in [0.25, 0.3) is 0 Å². The SMILES string of the molecule is O=C(NCCSCc1ccccc1)c1cc(F)ccc1Br. The lowest BCUT2D eigenvalue weighted by Crippen LogP contribution is -2.26. The molecule has 21 heavy (non-hydrogen) atoms. The fourth-order valence-electron chi connectivity index (χ4n) is 1.77. The van der Waals surface area contributed by atoms with Crippen molar-refractivity contribution < 1.29 is 9.18 Å². The van der Waals surface area contributed by atoms with Gasteiger partial charge in [0.15, 0.2) is 0 Å². The Morgan fingerprint density at radius 3 is 2.71 bits per heavy atom. The Labute approximate surface area is 136 Å². The van der Waals surface area contributed by atoms with Crippen LogP contribution in [-0.2, 0) is 5.75 Å². The van der Waals surface area contributed by atoms with Gasteiger partial charge in [-0.15, -0.1) is 0 Å². The number of hydrogen-bond donors (Lipinski definition) is 1. The third-order valence-electron chi connectivity index (χ3n) is 2.82. The van der Waals surface area contributed by atoms with Crippen molar-refractivity contribution in [3.8, 4) is 0 Å². The minimum Gasteiger partial charge on any atom is -0.351 e. The zero-order valence-electron chi connectivity index (χ0n) is 11.3. The van der Waals surface area contributed by atoms with Gasteiger partial charge in [-0.3, -0.25) is 4.79 Å². The predicted octanol–water partition coefficient (Wildman–Crippen LogP) is 4.25. The molecule has 2 aromatic carbocycles. The highest BCUT2D eigenvalue weighted by atomic mass is 79.9. The summed E-state index contributed by atoms with van der Waals surface area (Å²) in [4.78, 5) is 11.9. The van der Waals surface area contributed by atoms with Gasteiger partial charge in [0.05, 0.1) is 5.56 Å². The standard InChI is InChI=1S/C16H15BrFNOS/c17-15-7-6-13(18)10-14(15)16(20)19-8-9-21-11-12-4-2-1-3-5-12/h1-7,10H,8-9,11H2,(H,19,20). The third kappa shape index (κ3) is 5.17. The van der Waals surface area contributed by atoms with Crippen LogP contribution in [0.1, 0.15) is 15.9 Å². The molecule has 110 valence electrons. The molecule has 2 nitrogen and oxygen atoms in total. The molecule has 0 aliphatic heterocycles. The van der Waals surface area contributed by atoms with E-state index in [1.165, 1.54) is 23.8 Å². The predicted molar refractivity (Wildman–Crippen MR) is 89.0 cm³/mol. The Kier molecular flexibility index (Phi) is 6.26. The molecule has 0 unspecified atom stereocenters. The quantitative estimate of drug-likeness (QED) is 0.773. The summed E-state index contributed by atoms with van der Waals surface area (Å²) < 4.78 is 13.7. The number of halogens is 2. The van der Waals surface area contributed by atoms with Crippen LogP contribution in [0.4, 0.5) is 4.39 Å². The maximum Gasteiger partial charge on any atom is 0.252 e. The molecule has 0 aliphatic rings. The molecule has 0 radical (unpaired) electrons. The highest BCUT2D eigenvalue weighted by Gasteiger charge is 2.10. The average molecular weight is 368 g/mol. The van der Waals surface area contributed by atoms with Crippen molar-refractivity contribution in [3.63, 3.8) is 0 Å². The molecule has 0 heterocycles. The first-order valence-corrected chi connectivity index (χ1v) is 8.46. The van der Waals surface area contributed by atoms with Gasteiger partial charge in [0.1, 0.15) is 5.82 Å². The Balaban J connectivity index is 1.73. The molecule has 1 N–H and O–H groups in total. The van der Waals surface area contributed by atoms with Crippen molar-refractivity contribution in [1.29, 1.82) is 0 Å². The van der Waals surface area contributed by atoms with Gasteiger partial charge < -0.3 is 5.32 Å². The number of thioether (sulfide) groups is 1. The molecular weight excluding hydrogens is 353 g/mol. The minimum absolute atomic E-state index is 0.262. The van der Waals surface area contributed by atoms with Crippen molar-refractivity contribution in [2.24, 2.45) is 0 Å². The summed E-state index contributed by atoms with van der Waals surface area (Å²) in [6.45, 7) is 0.555. The zero-order valence-corrected chi connectivity index (χ0v) is 13.7. The second kappa shape index (κ2) is 8.20. The summed E-state index contributed by atoms with van der Waals surface area (Å²) in [5.41, 5.74) is 1.59. The molecular formula is C16H15BrFNOS. The van der Waals surface area contributed by atoms with E-state index in [4.69, 9.17) is 0 Å². The smallest absolute Gasteiger partial charge is 0.252 e. The van der Waals surface area contributed by atoms with E-state index in [1.807, 2.05) is 18.2 Å². The van der Waals surface area contributed by atoms with Gasteiger partial charge in [0.25, 0.3) is 5.91 Å². The number of nitrogens with one attached hydrogen (secondary N) is 1. The van der Waals surface area contributed by atoms with E-state index in [9.17, 15) is 9.18 Å². The number of amides is 1. The lowest BCUT2D eigenvalue weighted by atomic mass is 10.2. The van der Waals surface area contributed by atoms with Crippen LogP contribution >= 0.6 is 27.7 Å². The Morgan fingerprint density at radius 2 is 1.95 bits per heavy atom. The molecule has 0 saturated heterocycles. The molecule has 0 aliphatic carbocycles. The molecule has 0 fully saturated rings. The second-order valence-electron chi connectivity index (χ2n) is 4.42. The maximum absolute atomic E-state index is 13.1. The molecule has 0 aromatic heterocycles. The van der Waals surface area contributed by atoms with E-state index in [2.05, 4.69) is 33.4 Å². The van der Waals surface area contributed by atoms with E-state index in [0.29, 0.717) is 16.6 Å². The fourth-order valence-corrected chi connectivity index (χ4v) is 3.01.